The lowest BCUT2D eigenvalue weighted by molar-refractivity contribution is 0.102. The Balaban J connectivity index is 1.36. The average molecular weight is 446 g/mol. The number of benzene rings is 3. The van der Waals surface area contributed by atoms with Gasteiger partial charge in [0.05, 0.1) is 12.2 Å². The van der Waals surface area contributed by atoms with Gasteiger partial charge in [-0.25, -0.2) is 0 Å². The molecule has 1 N–H and O–H groups in total. The average Bonchev–Trinajstić information content (AvgIpc) is 3.11. The van der Waals surface area contributed by atoms with E-state index in [-0.39, 0.29) is 5.91 Å². The highest BCUT2D eigenvalue weighted by atomic mass is 35.5. The summed E-state index contributed by atoms with van der Waals surface area (Å²) < 4.78 is 7.75. The lowest BCUT2D eigenvalue weighted by atomic mass is 10.1. The van der Waals surface area contributed by atoms with Gasteiger partial charge in [0.1, 0.15) is 12.4 Å². The number of hydrogen-bond acceptors (Lipinski definition) is 3. The second-order valence-corrected chi connectivity index (χ2v) is 8.12. The molecule has 0 fully saturated rings. The van der Waals surface area contributed by atoms with Gasteiger partial charge in [-0.2, -0.15) is 5.10 Å². The topological polar surface area (TPSA) is 56.2 Å². The maximum absolute atomic E-state index is 12.7. The number of nitrogens with one attached hydrogen (secondary N) is 1. The zero-order valence-electron chi connectivity index (χ0n) is 18.0. The Kier molecular flexibility index (Phi) is 6.57. The molecule has 0 aliphatic carbocycles. The van der Waals surface area contributed by atoms with E-state index in [0.29, 0.717) is 23.7 Å². The first kappa shape index (κ1) is 21.7. The molecule has 4 aromatic rings. The molecule has 0 spiro atoms. The third-order valence-corrected chi connectivity index (χ3v) is 5.31. The van der Waals surface area contributed by atoms with Crippen LogP contribution in [-0.2, 0) is 13.2 Å². The Morgan fingerprint density at radius 3 is 2.41 bits per heavy atom. The van der Waals surface area contributed by atoms with Crippen LogP contribution in [0, 0.1) is 13.8 Å². The van der Waals surface area contributed by atoms with Crippen molar-refractivity contribution in [3.8, 4) is 5.75 Å². The molecule has 0 aliphatic heterocycles. The van der Waals surface area contributed by atoms with Crippen LogP contribution >= 0.6 is 11.6 Å². The SMILES string of the molecule is Cc1cc(C)n(Cc2ccc(NC(=O)c3cccc(COc4ccc(Cl)cc4)c3)cc2)n1. The predicted molar refractivity (Wildman–Crippen MR) is 127 cm³/mol. The van der Waals surface area contributed by atoms with Gasteiger partial charge in [0.2, 0.25) is 0 Å². The fourth-order valence-corrected chi connectivity index (χ4v) is 3.53. The first-order valence-corrected chi connectivity index (χ1v) is 10.7. The van der Waals surface area contributed by atoms with Gasteiger partial charge < -0.3 is 10.1 Å². The minimum atomic E-state index is -0.162. The van der Waals surface area contributed by atoms with Crippen molar-refractivity contribution in [2.45, 2.75) is 27.0 Å². The summed E-state index contributed by atoms with van der Waals surface area (Å²) in [7, 11) is 0. The summed E-state index contributed by atoms with van der Waals surface area (Å²) in [6.07, 6.45) is 0. The molecular weight excluding hydrogens is 422 g/mol. The summed E-state index contributed by atoms with van der Waals surface area (Å²) >= 11 is 5.90. The molecule has 0 aliphatic rings. The van der Waals surface area contributed by atoms with Crippen molar-refractivity contribution in [2.24, 2.45) is 0 Å². The molecule has 0 unspecified atom stereocenters. The highest BCUT2D eigenvalue weighted by molar-refractivity contribution is 6.30. The monoisotopic (exact) mass is 445 g/mol. The number of halogens is 1. The third kappa shape index (κ3) is 5.56. The van der Waals surface area contributed by atoms with E-state index in [2.05, 4.69) is 16.5 Å². The quantitative estimate of drug-likeness (QED) is 0.377. The second-order valence-electron chi connectivity index (χ2n) is 7.68. The van der Waals surface area contributed by atoms with Crippen molar-refractivity contribution in [1.82, 2.24) is 9.78 Å². The van der Waals surface area contributed by atoms with Crippen LogP contribution in [-0.4, -0.2) is 15.7 Å². The smallest absolute Gasteiger partial charge is 0.255 e. The molecule has 32 heavy (non-hydrogen) atoms. The van der Waals surface area contributed by atoms with Gasteiger partial charge in [-0.1, -0.05) is 35.9 Å². The second kappa shape index (κ2) is 9.71. The van der Waals surface area contributed by atoms with Gasteiger partial charge in [-0.3, -0.25) is 9.48 Å². The molecule has 4 rings (SSSR count). The molecule has 5 nitrogen and oxygen atoms in total. The van der Waals surface area contributed by atoms with Gasteiger partial charge in [-0.15, -0.1) is 0 Å². The first-order valence-electron chi connectivity index (χ1n) is 10.3. The normalized spacial score (nSPS) is 10.7. The summed E-state index contributed by atoms with van der Waals surface area (Å²) in [6.45, 7) is 5.09. The van der Waals surface area contributed by atoms with E-state index in [1.165, 1.54) is 0 Å². The van der Waals surface area contributed by atoms with Crippen LogP contribution in [0.25, 0.3) is 0 Å². The van der Waals surface area contributed by atoms with E-state index in [1.807, 2.05) is 73.1 Å². The number of amides is 1. The number of anilines is 1. The third-order valence-electron chi connectivity index (χ3n) is 5.06. The van der Waals surface area contributed by atoms with Crippen molar-refractivity contribution in [1.29, 1.82) is 0 Å². The number of carbonyl (C=O) groups excluding carboxylic acids is 1. The summed E-state index contributed by atoms with van der Waals surface area (Å²) in [6, 6.07) is 24.5. The number of ether oxygens (including phenoxy) is 1. The van der Waals surface area contributed by atoms with Crippen LogP contribution in [0.15, 0.2) is 78.9 Å². The van der Waals surface area contributed by atoms with Crippen LogP contribution in [0.4, 0.5) is 5.69 Å². The first-order chi connectivity index (χ1) is 15.5. The molecule has 162 valence electrons. The molecule has 0 radical (unpaired) electrons. The molecular formula is C26H24ClN3O2. The number of aryl methyl sites for hydroxylation is 2. The van der Waals surface area contributed by atoms with Crippen molar-refractivity contribution in [3.05, 3.63) is 112 Å². The van der Waals surface area contributed by atoms with Crippen LogP contribution in [0.3, 0.4) is 0 Å². The minimum Gasteiger partial charge on any atom is -0.489 e. The highest BCUT2D eigenvalue weighted by Gasteiger charge is 2.08. The van der Waals surface area contributed by atoms with E-state index in [4.69, 9.17) is 16.3 Å². The van der Waals surface area contributed by atoms with Gasteiger partial charge in [0, 0.05) is 22.0 Å². The van der Waals surface area contributed by atoms with E-state index >= 15 is 0 Å². The van der Waals surface area contributed by atoms with Gasteiger partial charge in [-0.05, 0) is 79.6 Å². The Labute approximate surface area is 192 Å². The zero-order valence-corrected chi connectivity index (χ0v) is 18.8. The molecule has 0 bridgehead atoms. The van der Waals surface area contributed by atoms with Crippen molar-refractivity contribution >= 4 is 23.2 Å². The zero-order chi connectivity index (χ0) is 22.5. The van der Waals surface area contributed by atoms with Crippen LogP contribution < -0.4 is 10.1 Å². The largest absolute Gasteiger partial charge is 0.489 e. The maximum atomic E-state index is 12.7. The minimum absolute atomic E-state index is 0.162. The Morgan fingerprint density at radius 1 is 0.969 bits per heavy atom. The Morgan fingerprint density at radius 2 is 1.72 bits per heavy atom. The standard InChI is InChI=1S/C26H24ClN3O2/c1-18-14-19(2)30(29-18)16-20-6-10-24(11-7-20)28-26(31)22-5-3-4-21(15-22)17-32-25-12-8-23(27)9-13-25/h3-15H,16-17H2,1-2H3,(H,28,31). The number of hydrogen-bond donors (Lipinski definition) is 1. The summed E-state index contributed by atoms with van der Waals surface area (Å²) in [5.41, 5.74) is 5.49. The van der Waals surface area contributed by atoms with E-state index in [0.717, 1.165) is 34.0 Å². The summed E-state index contributed by atoms with van der Waals surface area (Å²) in [4.78, 5) is 12.7. The lowest BCUT2D eigenvalue weighted by Gasteiger charge is -2.10. The number of nitrogens with zero attached hydrogens (tertiary/aromatic N) is 2. The molecule has 1 heterocycles. The van der Waals surface area contributed by atoms with E-state index < -0.39 is 0 Å². The Hall–Kier alpha value is -3.57. The number of rotatable bonds is 7. The fourth-order valence-electron chi connectivity index (χ4n) is 3.40. The molecule has 1 aromatic heterocycles. The molecule has 0 atom stereocenters. The Bertz CT molecular complexity index is 1210. The van der Waals surface area contributed by atoms with E-state index in [9.17, 15) is 4.79 Å². The fraction of sp³-hybridized carbons (Fsp3) is 0.154. The van der Waals surface area contributed by atoms with Crippen molar-refractivity contribution in [3.63, 3.8) is 0 Å². The highest BCUT2D eigenvalue weighted by Crippen LogP contribution is 2.18. The van der Waals surface area contributed by atoms with Gasteiger partial charge in [0.15, 0.2) is 0 Å². The lowest BCUT2D eigenvalue weighted by Crippen LogP contribution is -2.12. The van der Waals surface area contributed by atoms with Crippen molar-refractivity contribution in [2.75, 3.05) is 5.32 Å². The molecule has 0 saturated carbocycles. The van der Waals surface area contributed by atoms with Gasteiger partial charge >= 0.3 is 0 Å². The van der Waals surface area contributed by atoms with Gasteiger partial charge in [0.25, 0.3) is 5.91 Å². The maximum Gasteiger partial charge on any atom is 0.255 e. The number of aromatic nitrogens is 2. The van der Waals surface area contributed by atoms with Crippen LogP contribution in [0.2, 0.25) is 5.02 Å². The van der Waals surface area contributed by atoms with Crippen LogP contribution in [0.1, 0.15) is 32.9 Å². The van der Waals surface area contributed by atoms with Crippen LogP contribution in [0.5, 0.6) is 5.75 Å². The molecule has 0 saturated heterocycles. The molecule has 1 amide bonds. The summed E-state index contributed by atoms with van der Waals surface area (Å²) in [5, 5.41) is 8.11. The molecule has 6 heteroatoms. The number of carbonyl (C=O) groups is 1. The van der Waals surface area contributed by atoms with Crippen molar-refractivity contribution < 1.29 is 9.53 Å². The van der Waals surface area contributed by atoms with E-state index in [1.54, 1.807) is 18.2 Å². The summed E-state index contributed by atoms with van der Waals surface area (Å²) in [5.74, 6) is 0.564. The predicted octanol–water partition coefficient (Wildman–Crippen LogP) is 6.03. The molecule has 3 aromatic carbocycles.